The zero-order valence-electron chi connectivity index (χ0n) is 7.74. The predicted octanol–water partition coefficient (Wildman–Crippen LogP) is 2.92. The molecule has 0 aliphatic carbocycles. The fourth-order valence-corrected chi connectivity index (χ4v) is 3.18. The topological polar surface area (TPSA) is 38.7 Å². The van der Waals surface area contributed by atoms with Crippen LogP contribution in [0.5, 0.6) is 0 Å². The first kappa shape index (κ1) is 8.26. The summed E-state index contributed by atoms with van der Waals surface area (Å²) in [5, 5.41) is 0. The summed E-state index contributed by atoms with van der Waals surface area (Å²) in [5.74, 6) is 0. The third-order valence-corrected chi connectivity index (χ3v) is 3.94. The summed E-state index contributed by atoms with van der Waals surface area (Å²) < 4.78 is 9.86. The lowest BCUT2D eigenvalue weighted by molar-refractivity contribution is 1.42. The molecule has 70 valence electrons. The van der Waals surface area contributed by atoms with Crippen LogP contribution in [-0.2, 0) is 0 Å². The summed E-state index contributed by atoms with van der Waals surface area (Å²) in [4.78, 5) is 4.36. The van der Waals surface area contributed by atoms with Crippen molar-refractivity contribution in [3.63, 3.8) is 0 Å². The zero-order valence-corrected chi connectivity index (χ0v) is 9.37. The Hall–Kier alpha value is -1.07. The van der Waals surface area contributed by atoms with Crippen molar-refractivity contribution in [1.82, 2.24) is 13.7 Å². The maximum atomic E-state index is 4.36. The molecule has 0 unspecified atom stereocenters. The van der Waals surface area contributed by atoms with Crippen molar-refractivity contribution in [1.29, 1.82) is 0 Å². The van der Waals surface area contributed by atoms with Gasteiger partial charge in [-0.3, -0.25) is 0 Å². The minimum absolute atomic E-state index is 1.01. The zero-order chi connectivity index (χ0) is 9.71. The largest absolute Gasteiger partial charge is 0.244 e. The summed E-state index contributed by atoms with van der Waals surface area (Å²) in [5.41, 5.74) is 7.35. The van der Waals surface area contributed by atoms with Crippen LogP contribution in [0.4, 0.5) is 0 Å². The van der Waals surface area contributed by atoms with Crippen molar-refractivity contribution in [2.75, 3.05) is 0 Å². The highest BCUT2D eigenvalue weighted by molar-refractivity contribution is 7.17. The van der Waals surface area contributed by atoms with Crippen molar-refractivity contribution in [3.05, 3.63) is 16.6 Å². The SMILES string of the molecule is Cc1c2nsnc2c(C)c2scnc12. The van der Waals surface area contributed by atoms with Crippen LogP contribution < -0.4 is 0 Å². The van der Waals surface area contributed by atoms with Crippen molar-refractivity contribution in [2.45, 2.75) is 13.8 Å². The normalized spacial score (nSPS) is 11.6. The number of hydrogen-bond acceptors (Lipinski definition) is 5. The first-order valence-electron chi connectivity index (χ1n) is 4.23. The number of fused-ring (bicyclic) bond motifs is 2. The van der Waals surface area contributed by atoms with Gasteiger partial charge in [0.05, 0.1) is 27.5 Å². The molecule has 5 heteroatoms. The van der Waals surface area contributed by atoms with E-state index in [2.05, 4.69) is 27.6 Å². The van der Waals surface area contributed by atoms with Gasteiger partial charge in [0.1, 0.15) is 11.0 Å². The third-order valence-electron chi connectivity index (χ3n) is 2.46. The second kappa shape index (κ2) is 2.71. The summed E-state index contributed by atoms with van der Waals surface area (Å²) >= 11 is 2.94. The van der Waals surface area contributed by atoms with Crippen molar-refractivity contribution >= 4 is 44.3 Å². The molecule has 0 N–H and O–H groups in total. The third kappa shape index (κ3) is 0.883. The second-order valence-electron chi connectivity index (χ2n) is 3.24. The average molecular weight is 221 g/mol. The fraction of sp³-hybridized carbons (Fsp3) is 0.222. The summed E-state index contributed by atoms with van der Waals surface area (Å²) in [7, 11) is 0. The summed E-state index contributed by atoms with van der Waals surface area (Å²) in [6, 6.07) is 0. The van der Waals surface area contributed by atoms with Gasteiger partial charge >= 0.3 is 0 Å². The minimum Gasteiger partial charge on any atom is -0.244 e. The van der Waals surface area contributed by atoms with Crippen LogP contribution in [0.25, 0.3) is 21.3 Å². The molecule has 0 saturated heterocycles. The molecule has 3 aromatic rings. The fourth-order valence-electron chi connectivity index (χ4n) is 1.68. The van der Waals surface area contributed by atoms with E-state index in [1.807, 2.05) is 5.51 Å². The summed E-state index contributed by atoms with van der Waals surface area (Å²) in [6.07, 6.45) is 0. The van der Waals surface area contributed by atoms with Crippen LogP contribution in [0.2, 0.25) is 0 Å². The number of thiazole rings is 1. The van der Waals surface area contributed by atoms with Gasteiger partial charge in [-0.25, -0.2) is 4.98 Å². The number of benzene rings is 1. The maximum Gasteiger partial charge on any atom is 0.110 e. The van der Waals surface area contributed by atoms with Crippen LogP contribution >= 0.6 is 23.1 Å². The van der Waals surface area contributed by atoms with E-state index in [0.717, 1.165) is 22.1 Å². The highest BCUT2D eigenvalue weighted by Crippen LogP contribution is 2.32. The Bertz CT molecular complexity index is 521. The molecule has 0 saturated carbocycles. The monoisotopic (exact) mass is 221 g/mol. The van der Waals surface area contributed by atoms with E-state index >= 15 is 0 Å². The quantitative estimate of drug-likeness (QED) is 0.586. The Labute approximate surface area is 88.7 Å². The van der Waals surface area contributed by atoms with E-state index in [0.29, 0.717) is 0 Å². The molecule has 14 heavy (non-hydrogen) atoms. The Kier molecular flexibility index (Phi) is 1.60. The van der Waals surface area contributed by atoms with Gasteiger partial charge in [-0.2, -0.15) is 8.75 Å². The van der Waals surface area contributed by atoms with Gasteiger partial charge in [-0.15, -0.1) is 11.3 Å². The molecule has 2 heterocycles. The van der Waals surface area contributed by atoms with Crippen LogP contribution in [-0.4, -0.2) is 13.7 Å². The lowest BCUT2D eigenvalue weighted by atomic mass is 10.1. The lowest BCUT2D eigenvalue weighted by Crippen LogP contribution is -1.84. The number of aromatic nitrogens is 3. The lowest BCUT2D eigenvalue weighted by Gasteiger charge is -1.99. The van der Waals surface area contributed by atoms with E-state index in [-0.39, 0.29) is 0 Å². The number of nitrogens with zero attached hydrogens (tertiary/aromatic N) is 3. The molecule has 0 bridgehead atoms. The van der Waals surface area contributed by atoms with Gasteiger partial charge in [-0.05, 0) is 19.4 Å². The molecule has 0 atom stereocenters. The molecule has 0 amide bonds. The van der Waals surface area contributed by atoms with Crippen molar-refractivity contribution in [3.8, 4) is 0 Å². The van der Waals surface area contributed by atoms with Gasteiger partial charge in [0.15, 0.2) is 0 Å². The van der Waals surface area contributed by atoms with E-state index in [9.17, 15) is 0 Å². The van der Waals surface area contributed by atoms with E-state index < -0.39 is 0 Å². The Balaban J connectivity index is 2.72. The van der Waals surface area contributed by atoms with Crippen molar-refractivity contribution < 1.29 is 0 Å². The van der Waals surface area contributed by atoms with Gasteiger partial charge in [0.2, 0.25) is 0 Å². The highest BCUT2D eigenvalue weighted by Gasteiger charge is 2.13. The predicted molar refractivity (Wildman–Crippen MR) is 60.1 cm³/mol. The Morgan fingerprint density at radius 1 is 1.00 bits per heavy atom. The average Bonchev–Trinajstić information content (AvgIpc) is 2.82. The van der Waals surface area contributed by atoms with E-state index in [1.165, 1.54) is 22.0 Å². The maximum absolute atomic E-state index is 4.36. The molecule has 3 rings (SSSR count). The molecular formula is C9H7N3S2. The Morgan fingerprint density at radius 2 is 1.71 bits per heavy atom. The van der Waals surface area contributed by atoms with E-state index in [1.54, 1.807) is 11.3 Å². The first-order valence-corrected chi connectivity index (χ1v) is 5.84. The van der Waals surface area contributed by atoms with Crippen LogP contribution in [0.1, 0.15) is 11.1 Å². The minimum atomic E-state index is 1.01. The molecular weight excluding hydrogens is 214 g/mol. The molecule has 1 aromatic carbocycles. The molecule has 0 radical (unpaired) electrons. The molecule has 0 fully saturated rings. The van der Waals surface area contributed by atoms with Crippen LogP contribution in [0.3, 0.4) is 0 Å². The first-order chi connectivity index (χ1) is 6.79. The van der Waals surface area contributed by atoms with Gasteiger partial charge in [-0.1, -0.05) is 0 Å². The summed E-state index contributed by atoms with van der Waals surface area (Å²) in [6.45, 7) is 4.15. The Morgan fingerprint density at radius 3 is 2.50 bits per heavy atom. The molecule has 0 aliphatic rings. The number of rotatable bonds is 0. The molecule has 0 spiro atoms. The number of hydrogen-bond donors (Lipinski definition) is 0. The van der Waals surface area contributed by atoms with E-state index in [4.69, 9.17) is 0 Å². The van der Waals surface area contributed by atoms with Gasteiger partial charge in [0, 0.05) is 5.56 Å². The van der Waals surface area contributed by atoms with Crippen molar-refractivity contribution in [2.24, 2.45) is 0 Å². The van der Waals surface area contributed by atoms with Crippen LogP contribution in [0.15, 0.2) is 5.51 Å². The highest BCUT2D eigenvalue weighted by atomic mass is 32.1. The van der Waals surface area contributed by atoms with Gasteiger partial charge in [0.25, 0.3) is 0 Å². The molecule has 3 nitrogen and oxygen atoms in total. The second-order valence-corrected chi connectivity index (χ2v) is 4.62. The molecule has 0 aliphatic heterocycles. The standard InChI is InChI=1S/C9H7N3S2/c1-4-6-7(12-14-11-6)5(2)9-8(4)10-3-13-9/h3H,1-2H3. The smallest absolute Gasteiger partial charge is 0.110 e. The van der Waals surface area contributed by atoms with Gasteiger partial charge < -0.3 is 0 Å². The number of aryl methyl sites for hydroxylation is 2. The molecule has 2 aromatic heterocycles. The van der Waals surface area contributed by atoms with Crippen LogP contribution in [0, 0.1) is 13.8 Å².